The van der Waals surface area contributed by atoms with Gasteiger partial charge in [-0.2, -0.15) is 0 Å². The largest absolute Gasteiger partial charge is 0.507 e. The number of aromatic nitrogens is 1. The van der Waals surface area contributed by atoms with Crippen LogP contribution in [0.25, 0.3) is 22.6 Å². The predicted molar refractivity (Wildman–Crippen MR) is 168 cm³/mol. The molecule has 4 aliphatic rings. The van der Waals surface area contributed by atoms with Gasteiger partial charge in [-0.15, -0.1) is 0 Å². The van der Waals surface area contributed by atoms with Gasteiger partial charge in [-0.25, -0.2) is 4.98 Å². The van der Waals surface area contributed by atoms with E-state index >= 15 is 0 Å². The first kappa shape index (κ1) is 27.9. The lowest BCUT2D eigenvalue weighted by Crippen LogP contribution is -2.39. The number of hydrogen-bond donors (Lipinski definition) is 1. The van der Waals surface area contributed by atoms with E-state index in [9.17, 15) is 24.3 Å². The first-order chi connectivity index (χ1) is 22.2. The minimum absolute atomic E-state index is 0.0825. The van der Waals surface area contributed by atoms with E-state index in [4.69, 9.17) is 9.15 Å². The van der Waals surface area contributed by atoms with Crippen LogP contribution in [0.15, 0.2) is 106 Å². The number of nitrogens with zero attached hydrogens (tertiary/aromatic N) is 2. The van der Waals surface area contributed by atoms with E-state index in [1.807, 2.05) is 30.3 Å². The molecule has 3 aromatic carbocycles. The number of oxazole rings is 1. The molecule has 3 aliphatic carbocycles. The smallest absolute Gasteiger partial charge is 0.238 e. The molecule has 0 saturated carbocycles. The number of Topliss-reactive ketones (excluding diaryl/α,β-unsaturated/α-hetero) is 1. The number of allylic oxidation sites excluding steroid dienone is 6. The Hall–Kier alpha value is -5.57. The molecule has 46 heavy (non-hydrogen) atoms. The second kappa shape index (κ2) is 10.2. The lowest BCUT2D eigenvalue weighted by Gasteiger charge is -2.42. The first-order valence-electron chi connectivity index (χ1n) is 15.2. The number of ether oxygens (including phenoxy) is 1. The predicted octanol–water partition coefficient (Wildman–Crippen LogP) is 5.84. The highest BCUT2D eigenvalue weighted by Crippen LogP contribution is 2.56. The third-order valence-electron chi connectivity index (χ3n) is 9.78. The van der Waals surface area contributed by atoms with Crippen molar-refractivity contribution in [3.05, 3.63) is 107 Å². The molecule has 1 aliphatic heterocycles. The monoisotopic (exact) mass is 612 g/mol. The lowest BCUT2D eigenvalue weighted by atomic mass is 9.59. The maximum Gasteiger partial charge on any atom is 0.238 e. The molecular weight excluding hydrogens is 584 g/mol. The number of anilines is 1. The molecule has 0 bridgehead atoms. The molecule has 1 saturated heterocycles. The fourth-order valence-electron chi connectivity index (χ4n) is 7.64. The van der Waals surface area contributed by atoms with Crippen molar-refractivity contribution in [2.24, 2.45) is 17.8 Å². The normalized spacial score (nSPS) is 24.1. The van der Waals surface area contributed by atoms with E-state index in [0.717, 1.165) is 11.1 Å². The van der Waals surface area contributed by atoms with E-state index in [0.29, 0.717) is 57.2 Å². The van der Waals surface area contributed by atoms with Crippen LogP contribution in [-0.2, 0) is 19.2 Å². The summed E-state index contributed by atoms with van der Waals surface area (Å²) in [6, 6.07) is 19.3. The number of ketones is 2. The van der Waals surface area contributed by atoms with E-state index in [1.54, 1.807) is 43.3 Å². The zero-order valence-corrected chi connectivity index (χ0v) is 25.0. The van der Waals surface area contributed by atoms with Gasteiger partial charge in [0.1, 0.15) is 17.0 Å². The molecule has 4 atom stereocenters. The lowest BCUT2D eigenvalue weighted by molar-refractivity contribution is -0.123. The molecule has 0 spiro atoms. The number of carbonyl (C=O) groups is 4. The van der Waals surface area contributed by atoms with Crippen molar-refractivity contribution >= 4 is 40.2 Å². The number of hydrogen-bond acceptors (Lipinski definition) is 8. The molecule has 8 rings (SSSR count). The maximum atomic E-state index is 14.2. The number of amides is 2. The van der Waals surface area contributed by atoms with Crippen LogP contribution in [0, 0.1) is 17.8 Å². The minimum atomic E-state index is -0.742. The van der Waals surface area contributed by atoms with Crippen molar-refractivity contribution in [2.45, 2.75) is 25.7 Å². The summed E-state index contributed by atoms with van der Waals surface area (Å²) >= 11 is 0. The number of fused-ring (bicyclic) bond motifs is 4. The van der Waals surface area contributed by atoms with Gasteiger partial charge >= 0.3 is 0 Å². The summed E-state index contributed by atoms with van der Waals surface area (Å²) in [5, 5.41) is 11.1. The van der Waals surface area contributed by atoms with Crippen LogP contribution in [0.5, 0.6) is 11.5 Å². The van der Waals surface area contributed by atoms with Crippen molar-refractivity contribution in [1.29, 1.82) is 0 Å². The average Bonchev–Trinajstić information content (AvgIpc) is 3.61. The molecule has 9 nitrogen and oxygen atoms in total. The average molecular weight is 613 g/mol. The third kappa shape index (κ3) is 4.04. The zero-order chi connectivity index (χ0) is 31.9. The van der Waals surface area contributed by atoms with Gasteiger partial charge in [0.25, 0.3) is 0 Å². The molecule has 0 radical (unpaired) electrons. The van der Waals surface area contributed by atoms with E-state index < -0.39 is 23.7 Å². The van der Waals surface area contributed by atoms with Gasteiger partial charge in [-0.05, 0) is 74.2 Å². The van der Waals surface area contributed by atoms with Crippen molar-refractivity contribution in [1.82, 2.24) is 4.98 Å². The van der Waals surface area contributed by atoms with Crippen LogP contribution < -0.4 is 9.64 Å². The summed E-state index contributed by atoms with van der Waals surface area (Å²) in [5.41, 5.74) is 4.74. The fourth-order valence-corrected chi connectivity index (χ4v) is 7.64. The Labute approximate surface area is 263 Å². The number of para-hydroxylation sites is 2. The molecule has 9 heteroatoms. The van der Waals surface area contributed by atoms with Gasteiger partial charge in [0.05, 0.1) is 24.6 Å². The number of carbonyl (C=O) groups excluding carboxylic acids is 4. The second-order valence-electron chi connectivity index (χ2n) is 12.2. The van der Waals surface area contributed by atoms with Crippen molar-refractivity contribution in [2.75, 3.05) is 12.0 Å². The third-order valence-corrected chi connectivity index (χ3v) is 9.78. The number of imide groups is 1. The van der Waals surface area contributed by atoms with Crippen LogP contribution in [0.4, 0.5) is 5.69 Å². The fraction of sp³-hybridized carbons (Fsp3) is 0.216. The van der Waals surface area contributed by atoms with E-state index in [2.05, 4.69) is 4.98 Å². The summed E-state index contributed by atoms with van der Waals surface area (Å²) in [5.74, 6) is -2.98. The van der Waals surface area contributed by atoms with Crippen molar-refractivity contribution < 1.29 is 33.4 Å². The van der Waals surface area contributed by atoms with E-state index in [-0.39, 0.29) is 35.6 Å². The number of phenols is 1. The van der Waals surface area contributed by atoms with Crippen LogP contribution in [0.3, 0.4) is 0 Å². The van der Waals surface area contributed by atoms with Crippen LogP contribution in [-0.4, -0.2) is 40.6 Å². The summed E-state index contributed by atoms with van der Waals surface area (Å²) in [4.78, 5) is 60.9. The Morgan fingerprint density at radius 3 is 2.48 bits per heavy atom. The Bertz CT molecular complexity index is 2080. The van der Waals surface area contributed by atoms with Gasteiger partial charge in [0.15, 0.2) is 17.1 Å². The topological polar surface area (TPSA) is 127 Å². The molecule has 1 aromatic heterocycles. The Balaban J connectivity index is 1.17. The number of phenolic OH excluding ortho intramolecular Hbond substituents is 1. The summed E-state index contributed by atoms with van der Waals surface area (Å²) < 4.78 is 11.2. The molecule has 1 N–H and O–H groups in total. The molecule has 1 fully saturated rings. The highest BCUT2D eigenvalue weighted by atomic mass is 16.5. The SMILES string of the molecule is COc1ccc(C2C3=CCC4C(=O)N(c5ccc(-c6nc7ccccc7o6)cc5)C(=O)C4C3CC3=C2C(=O)C=C(C)C3=O)c(O)c1. The van der Waals surface area contributed by atoms with Gasteiger partial charge in [-0.3, -0.25) is 24.1 Å². The first-order valence-corrected chi connectivity index (χ1v) is 15.2. The molecule has 4 aromatic rings. The highest BCUT2D eigenvalue weighted by molar-refractivity contribution is 6.25. The quantitative estimate of drug-likeness (QED) is 0.173. The second-order valence-corrected chi connectivity index (χ2v) is 12.2. The molecule has 2 amide bonds. The van der Waals surface area contributed by atoms with Crippen molar-refractivity contribution in [3.8, 4) is 23.0 Å². The molecule has 4 unspecified atom stereocenters. The van der Waals surface area contributed by atoms with Crippen LogP contribution in [0.2, 0.25) is 0 Å². The Morgan fingerprint density at radius 1 is 0.957 bits per heavy atom. The van der Waals surface area contributed by atoms with E-state index in [1.165, 1.54) is 24.2 Å². The summed E-state index contributed by atoms with van der Waals surface area (Å²) in [6.07, 6.45) is 3.73. The summed E-state index contributed by atoms with van der Waals surface area (Å²) in [6.45, 7) is 1.61. The molecular formula is C37H28N2O7. The van der Waals surface area contributed by atoms with Gasteiger partial charge < -0.3 is 14.3 Å². The highest BCUT2D eigenvalue weighted by Gasteiger charge is 2.56. The number of benzene rings is 3. The molecule has 228 valence electrons. The van der Waals surface area contributed by atoms with Gasteiger partial charge in [-0.1, -0.05) is 29.8 Å². The standard InChI is InChI=1S/C37H28N2O7/c1-18-15-29(41)33-26(34(18)42)17-25-22(31(33)23-12-11-21(45-2)16-28(23)40)13-14-24-32(25)37(44)39(36(24)43)20-9-7-19(8-10-20)35-38-27-5-3-4-6-30(27)46-35/h3-13,15-16,24-25,31-32,40H,14,17H2,1-2H3. The number of rotatable bonds is 4. The Kier molecular flexibility index (Phi) is 6.22. The van der Waals surface area contributed by atoms with Crippen LogP contribution >= 0.6 is 0 Å². The Morgan fingerprint density at radius 2 is 1.74 bits per heavy atom. The van der Waals surface area contributed by atoms with Gasteiger partial charge in [0, 0.05) is 39.8 Å². The van der Waals surface area contributed by atoms with Crippen molar-refractivity contribution in [3.63, 3.8) is 0 Å². The number of methoxy groups -OCH3 is 1. The maximum absolute atomic E-state index is 14.2. The van der Waals surface area contributed by atoms with Crippen LogP contribution in [0.1, 0.15) is 31.2 Å². The van der Waals surface area contributed by atoms with Gasteiger partial charge in [0.2, 0.25) is 17.7 Å². The number of aromatic hydroxyl groups is 1. The zero-order valence-electron chi connectivity index (χ0n) is 25.0. The molecule has 2 heterocycles. The summed E-state index contributed by atoms with van der Waals surface area (Å²) in [7, 11) is 1.49. The minimum Gasteiger partial charge on any atom is -0.507 e.